The van der Waals surface area contributed by atoms with E-state index in [4.69, 9.17) is 5.73 Å². The van der Waals surface area contributed by atoms with Crippen molar-refractivity contribution in [2.45, 2.75) is 18.4 Å². The lowest BCUT2D eigenvalue weighted by Gasteiger charge is -2.08. The van der Waals surface area contributed by atoms with Crippen LogP contribution in [0.3, 0.4) is 0 Å². The van der Waals surface area contributed by atoms with Gasteiger partial charge in [0, 0.05) is 11.8 Å². The first kappa shape index (κ1) is 9.48. The van der Waals surface area contributed by atoms with Crippen molar-refractivity contribution in [3.63, 3.8) is 0 Å². The number of hydrogen-bond acceptors (Lipinski definition) is 3. The molecule has 1 saturated carbocycles. The summed E-state index contributed by atoms with van der Waals surface area (Å²) in [5.74, 6) is 0.772. The van der Waals surface area contributed by atoms with Gasteiger partial charge in [-0.2, -0.15) is 0 Å². The van der Waals surface area contributed by atoms with Crippen LogP contribution in [-0.4, -0.2) is 9.97 Å². The predicted molar refractivity (Wildman–Crippen MR) is 62.6 cm³/mol. The molecule has 2 N–H and O–H groups in total. The number of rotatable bonds is 2. The molecule has 2 aromatic rings. The third kappa shape index (κ3) is 1.59. The molecular weight excluding hydrogens is 198 g/mol. The number of aromatic nitrogens is 2. The molecule has 0 saturated heterocycles. The maximum absolute atomic E-state index is 6.09. The predicted octanol–water partition coefficient (Wildman–Crippen LogP) is 2.09. The summed E-state index contributed by atoms with van der Waals surface area (Å²) in [4.78, 5) is 8.80. The molecule has 1 aliphatic rings. The minimum atomic E-state index is -0.259. The molecule has 0 aliphatic heterocycles. The van der Waals surface area contributed by atoms with Crippen molar-refractivity contribution in [3.05, 3.63) is 48.4 Å². The van der Waals surface area contributed by atoms with Gasteiger partial charge in [-0.3, -0.25) is 0 Å². The van der Waals surface area contributed by atoms with E-state index in [2.05, 4.69) is 9.97 Å². The Morgan fingerprint density at radius 2 is 1.81 bits per heavy atom. The highest BCUT2D eigenvalue weighted by Crippen LogP contribution is 2.40. The van der Waals surface area contributed by atoms with E-state index in [0.29, 0.717) is 0 Å². The molecule has 0 radical (unpaired) electrons. The summed E-state index contributed by atoms with van der Waals surface area (Å²) in [5, 5.41) is 0. The standard InChI is InChI=1S/C13H13N3/c14-13(7-8-13)12-15-9-6-11(16-12)10-4-2-1-3-5-10/h1-6,9H,7-8,14H2. The van der Waals surface area contributed by atoms with Crippen LogP contribution in [0.15, 0.2) is 42.6 Å². The Morgan fingerprint density at radius 1 is 1.06 bits per heavy atom. The average Bonchev–Trinajstić information content (AvgIpc) is 3.10. The van der Waals surface area contributed by atoms with Crippen molar-refractivity contribution in [3.8, 4) is 11.3 Å². The van der Waals surface area contributed by atoms with Crippen molar-refractivity contribution >= 4 is 0 Å². The van der Waals surface area contributed by atoms with Gasteiger partial charge in [0.2, 0.25) is 0 Å². The molecule has 0 amide bonds. The fourth-order valence-corrected chi connectivity index (χ4v) is 1.73. The highest BCUT2D eigenvalue weighted by molar-refractivity contribution is 5.58. The summed E-state index contributed by atoms with van der Waals surface area (Å²) in [6.07, 6.45) is 3.77. The number of benzene rings is 1. The Morgan fingerprint density at radius 3 is 2.50 bits per heavy atom. The van der Waals surface area contributed by atoms with Gasteiger partial charge >= 0.3 is 0 Å². The highest BCUT2D eigenvalue weighted by Gasteiger charge is 2.43. The quantitative estimate of drug-likeness (QED) is 0.827. The van der Waals surface area contributed by atoms with Gasteiger partial charge in [0.25, 0.3) is 0 Å². The molecule has 1 fully saturated rings. The van der Waals surface area contributed by atoms with Crippen LogP contribution in [0.2, 0.25) is 0 Å². The molecule has 3 nitrogen and oxygen atoms in total. The maximum atomic E-state index is 6.09. The van der Waals surface area contributed by atoms with Crippen LogP contribution >= 0.6 is 0 Å². The Balaban J connectivity index is 2.03. The lowest BCUT2D eigenvalue weighted by atomic mass is 10.1. The molecule has 3 rings (SSSR count). The van der Waals surface area contributed by atoms with Crippen molar-refractivity contribution in [1.29, 1.82) is 0 Å². The van der Waals surface area contributed by atoms with Crippen molar-refractivity contribution in [1.82, 2.24) is 9.97 Å². The average molecular weight is 211 g/mol. The molecular formula is C13H13N3. The van der Waals surface area contributed by atoms with E-state index in [1.165, 1.54) is 0 Å². The summed E-state index contributed by atoms with van der Waals surface area (Å²) in [5.41, 5.74) is 7.88. The fourth-order valence-electron chi connectivity index (χ4n) is 1.73. The van der Waals surface area contributed by atoms with Crippen LogP contribution in [-0.2, 0) is 5.54 Å². The molecule has 1 heterocycles. The van der Waals surface area contributed by atoms with Gasteiger partial charge < -0.3 is 5.73 Å². The molecule has 1 aromatic heterocycles. The Bertz CT molecular complexity index is 504. The molecule has 0 spiro atoms. The van der Waals surface area contributed by atoms with E-state index in [1.54, 1.807) is 6.20 Å². The zero-order valence-corrected chi connectivity index (χ0v) is 8.93. The minimum absolute atomic E-state index is 0.259. The van der Waals surface area contributed by atoms with Gasteiger partial charge in [-0.15, -0.1) is 0 Å². The first-order valence-electron chi connectivity index (χ1n) is 5.46. The smallest absolute Gasteiger partial charge is 0.148 e. The lowest BCUT2D eigenvalue weighted by Crippen LogP contribution is -2.22. The lowest BCUT2D eigenvalue weighted by molar-refractivity contribution is 0.673. The molecule has 16 heavy (non-hydrogen) atoms. The molecule has 1 aromatic carbocycles. The Labute approximate surface area is 94.4 Å². The van der Waals surface area contributed by atoms with Crippen LogP contribution in [0, 0.1) is 0 Å². The van der Waals surface area contributed by atoms with Crippen LogP contribution in [0.5, 0.6) is 0 Å². The summed E-state index contributed by atoms with van der Waals surface area (Å²) < 4.78 is 0. The second-order valence-electron chi connectivity index (χ2n) is 4.29. The van der Waals surface area contributed by atoms with Gasteiger partial charge in [-0.25, -0.2) is 9.97 Å². The van der Waals surface area contributed by atoms with Crippen molar-refractivity contribution < 1.29 is 0 Å². The number of hydrogen-bond donors (Lipinski definition) is 1. The molecule has 3 heteroatoms. The molecule has 0 atom stereocenters. The van der Waals surface area contributed by atoms with Crippen molar-refractivity contribution in [2.75, 3.05) is 0 Å². The molecule has 0 unspecified atom stereocenters. The van der Waals surface area contributed by atoms with E-state index >= 15 is 0 Å². The van der Waals surface area contributed by atoms with Gasteiger partial charge in [0.05, 0.1) is 11.2 Å². The normalized spacial score (nSPS) is 17.1. The summed E-state index contributed by atoms with van der Waals surface area (Å²) in [7, 11) is 0. The third-order valence-electron chi connectivity index (χ3n) is 2.96. The minimum Gasteiger partial charge on any atom is -0.319 e. The second kappa shape index (κ2) is 3.39. The third-order valence-corrected chi connectivity index (χ3v) is 2.96. The molecule has 1 aliphatic carbocycles. The SMILES string of the molecule is NC1(c2nccc(-c3ccccc3)n2)CC1. The zero-order valence-electron chi connectivity index (χ0n) is 8.93. The zero-order chi connectivity index (χ0) is 11.0. The van der Waals surface area contributed by atoms with Gasteiger partial charge in [-0.1, -0.05) is 30.3 Å². The summed E-state index contributed by atoms with van der Waals surface area (Å²) >= 11 is 0. The van der Waals surface area contributed by atoms with Gasteiger partial charge in [0.1, 0.15) is 5.82 Å². The first-order valence-corrected chi connectivity index (χ1v) is 5.46. The van der Waals surface area contributed by atoms with E-state index in [0.717, 1.165) is 29.9 Å². The highest BCUT2D eigenvalue weighted by atomic mass is 15.0. The maximum Gasteiger partial charge on any atom is 0.148 e. The van der Waals surface area contributed by atoms with Crippen molar-refractivity contribution in [2.24, 2.45) is 5.73 Å². The largest absolute Gasteiger partial charge is 0.319 e. The summed E-state index contributed by atoms with van der Waals surface area (Å²) in [6, 6.07) is 12.0. The first-order chi connectivity index (χ1) is 7.78. The molecule has 0 bridgehead atoms. The van der Waals surface area contributed by atoms with Gasteiger partial charge in [-0.05, 0) is 18.9 Å². The van der Waals surface area contributed by atoms with Crippen LogP contribution in [0.4, 0.5) is 0 Å². The topological polar surface area (TPSA) is 51.8 Å². The number of nitrogens with zero attached hydrogens (tertiary/aromatic N) is 2. The van der Waals surface area contributed by atoms with E-state index in [9.17, 15) is 0 Å². The van der Waals surface area contributed by atoms with E-state index in [-0.39, 0.29) is 5.54 Å². The Hall–Kier alpha value is -1.74. The van der Waals surface area contributed by atoms with Gasteiger partial charge in [0.15, 0.2) is 0 Å². The van der Waals surface area contributed by atoms with Crippen LogP contribution in [0.25, 0.3) is 11.3 Å². The fraction of sp³-hybridized carbons (Fsp3) is 0.231. The number of nitrogens with two attached hydrogens (primary N) is 1. The summed E-state index contributed by atoms with van der Waals surface area (Å²) in [6.45, 7) is 0. The van der Waals surface area contributed by atoms with Crippen LogP contribution < -0.4 is 5.73 Å². The Kier molecular flexibility index (Phi) is 2.01. The molecule has 80 valence electrons. The van der Waals surface area contributed by atoms with E-state index < -0.39 is 0 Å². The van der Waals surface area contributed by atoms with Crippen LogP contribution in [0.1, 0.15) is 18.7 Å². The van der Waals surface area contributed by atoms with E-state index in [1.807, 2.05) is 36.4 Å². The monoisotopic (exact) mass is 211 g/mol. The second-order valence-corrected chi connectivity index (χ2v) is 4.29.